The van der Waals surface area contributed by atoms with Crippen molar-refractivity contribution in [2.45, 2.75) is 4.87 Å². The van der Waals surface area contributed by atoms with Crippen LogP contribution in [0.5, 0.6) is 5.75 Å². The summed E-state index contributed by atoms with van der Waals surface area (Å²) in [6.07, 6.45) is 0. The first-order valence-electron chi connectivity index (χ1n) is 10.4. The Labute approximate surface area is 195 Å². The van der Waals surface area contributed by atoms with Crippen LogP contribution in [0.25, 0.3) is 0 Å². The minimum Gasteiger partial charge on any atom is -0.497 e. The van der Waals surface area contributed by atoms with Gasteiger partial charge in [0.05, 0.1) is 18.6 Å². The maximum atomic E-state index is 13.9. The molecule has 0 saturated carbocycles. The van der Waals surface area contributed by atoms with Crippen LogP contribution in [0.4, 0.5) is 17.1 Å². The van der Waals surface area contributed by atoms with Crippen molar-refractivity contribution in [1.29, 1.82) is 0 Å². The van der Waals surface area contributed by atoms with E-state index in [1.165, 1.54) is 16.7 Å². The predicted octanol–water partition coefficient (Wildman–Crippen LogP) is 3.61. The van der Waals surface area contributed by atoms with Gasteiger partial charge < -0.3 is 10.1 Å². The van der Waals surface area contributed by atoms with Crippen LogP contribution < -0.4 is 19.9 Å². The maximum absolute atomic E-state index is 13.9. The molecule has 2 aliphatic rings. The normalized spacial score (nSPS) is 19.2. The number of thioether (sulfide) groups is 1. The van der Waals surface area contributed by atoms with E-state index >= 15 is 0 Å². The average molecular weight is 460 g/mol. The molecule has 33 heavy (non-hydrogen) atoms. The molecule has 1 saturated heterocycles. The molecule has 0 aliphatic carbocycles. The van der Waals surface area contributed by atoms with Crippen molar-refractivity contribution in [3.05, 3.63) is 84.4 Å². The summed E-state index contributed by atoms with van der Waals surface area (Å²) in [7, 11) is 1.57. The van der Waals surface area contributed by atoms with Crippen LogP contribution >= 0.6 is 11.8 Å². The second-order valence-corrected chi connectivity index (χ2v) is 8.85. The Morgan fingerprint density at radius 3 is 2.42 bits per heavy atom. The Kier molecular flexibility index (Phi) is 5.30. The van der Waals surface area contributed by atoms with Gasteiger partial charge in [0.2, 0.25) is 16.7 Å². The van der Waals surface area contributed by atoms with Gasteiger partial charge in [-0.1, -0.05) is 36.4 Å². The van der Waals surface area contributed by atoms with Crippen LogP contribution in [0.3, 0.4) is 0 Å². The third-order valence-corrected chi connectivity index (χ3v) is 7.14. The summed E-state index contributed by atoms with van der Waals surface area (Å²) in [5, 5.41) is 2.83. The summed E-state index contributed by atoms with van der Waals surface area (Å²) in [5.74, 6) is 0.0940. The van der Waals surface area contributed by atoms with Crippen molar-refractivity contribution in [2.75, 3.05) is 34.5 Å². The number of hydrogen-bond donors (Lipinski definition) is 1. The van der Waals surface area contributed by atoms with Gasteiger partial charge >= 0.3 is 0 Å². The van der Waals surface area contributed by atoms with Crippen LogP contribution in [-0.2, 0) is 19.3 Å². The van der Waals surface area contributed by atoms with Crippen molar-refractivity contribution >= 4 is 46.5 Å². The number of nitrogens with zero attached hydrogens (tertiary/aromatic N) is 2. The molecule has 3 amide bonds. The number of nitrogens with one attached hydrogen (secondary N) is 1. The third-order valence-electron chi connectivity index (χ3n) is 5.75. The summed E-state index contributed by atoms with van der Waals surface area (Å²) < 4.78 is 5.14. The molecule has 0 aromatic heterocycles. The fraction of sp³-hybridized carbons (Fsp3) is 0.160. The number of para-hydroxylation sites is 2. The molecule has 1 N–H and O–H groups in total. The molecule has 2 aliphatic heterocycles. The van der Waals surface area contributed by atoms with Gasteiger partial charge in [-0.05, 0) is 42.5 Å². The molecule has 166 valence electrons. The molecule has 3 aromatic carbocycles. The summed E-state index contributed by atoms with van der Waals surface area (Å²) in [4.78, 5) is 41.5. The Morgan fingerprint density at radius 1 is 1.00 bits per heavy atom. The van der Waals surface area contributed by atoms with Gasteiger partial charge in [-0.2, -0.15) is 0 Å². The fourth-order valence-electron chi connectivity index (χ4n) is 4.31. The molecule has 8 heteroatoms. The van der Waals surface area contributed by atoms with Crippen molar-refractivity contribution < 1.29 is 19.1 Å². The van der Waals surface area contributed by atoms with E-state index in [1.54, 1.807) is 36.3 Å². The first-order chi connectivity index (χ1) is 16.0. The van der Waals surface area contributed by atoms with E-state index < -0.39 is 4.87 Å². The topological polar surface area (TPSA) is 79.0 Å². The highest BCUT2D eigenvalue weighted by molar-refractivity contribution is 8.02. The van der Waals surface area contributed by atoms with Gasteiger partial charge in [-0.25, -0.2) is 0 Å². The smallest absolute Gasteiger partial charge is 0.269 e. The predicted molar refractivity (Wildman–Crippen MR) is 128 cm³/mol. The Hall–Kier alpha value is -3.78. The third kappa shape index (κ3) is 3.43. The van der Waals surface area contributed by atoms with Gasteiger partial charge in [-0.15, -0.1) is 11.8 Å². The second kappa shape index (κ2) is 8.29. The molecule has 1 atom stereocenters. The van der Waals surface area contributed by atoms with Gasteiger partial charge in [0.25, 0.3) is 5.91 Å². The lowest BCUT2D eigenvalue weighted by Gasteiger charge is -2.33. The SMILES string of the molecule is COc1ccc(NC(=O)CN2C(=O)C3(SCC(=O)N3c3ccccc3)c3ccccc32)cc1. The van der Waals surface area contributed by atoms with E-state index in [9.17, 15) is 14.4 Å². The molecule has 1 fully saturated rings. The molecule has 1 spiro atoms. The fourth-order valence-corrected chi connectivity index (χ4v) is 5.67. The number of rotatable bonds is 5. The van der Waals surface area contributed by atoms with Crippen molar-refractivity contribution in [3.8, 4) is 5.75 Å². The van der Waals surface area contributed by atoms with Crippen LogP contribution in [-0.4, -0.2) is 37.1 Å². The van der Waals surface area contributed by atoms with Crippen molar-refractivity contribution in [3.63, 3.8) is 0 Å². The minimum atomic E-state index is -1.23. The number of amides is 3. The highest BCUT2D eigenvalue weighted by Gasteiger charge is 2.61. The number of benzene rings is 3. The monoisotopic (exact) mass is 459 g/mol. The van der Waals surface area contributed by atoms with E-state index in [-0.39, 0.29) is 30.0 Å². The number of hydrogen-bond acceptors (Lipinski definition) is 5. The molecule has 0 radical (unpaired) electrons. The van der Waals surface area contributed by atoms with Gasteiger partial charge in [0.1, 0.15) is 12.3 Å². The van der Waals surface area contributed by atoms with E-state index in [4.69, 9.17) is 4.74 Å². The van der Waals surface area contributed by atoms with Gasteiger partial charge in [0, 0.05) is 16.9 Å². The van der Waals surface area contributed by atoms with Crippen LogP contribution in [0.2, 0.25) is 0 Å². The molecule has 1 unspecified atom stereocenters. The van der Waals surface area contributed by atoms with Crippen LogP contribution in [0.15, 0.2) is 78.9 Å². The first-order valence-corrected chi connectivity index (χ1v) is 11.4. The Balaban J connectivity index is 1.47. The highest BCUT2D eigenvalue weighted by atomic mass is 32.2. The second-order valence-electron chi connectivity index (χ2n) is 7.68. The number of carbonyl (C=O) groups excluding carboxylic acids is 3. The molecule has 0 bridgehead atoms. The summed E-state index contributed by atoms with van der Waals surface area (Å²) in [6, 6.07) is 23.5. The van der Waals surface area contributed by atoms with Crippen LogP contribution in [0.1, 0.15) is 5.56 Å². The molecule has 2 heterocycles. The lowest BCUT2D eigenvalue weighted by atomic mass is 10.0. The molecular formula is C25H21N3O4S. The summed E-state index contributed by atoms with van der Waals surface area (Å²) in [6.45, 7) is -0.166. The molecule has 7 nitrogen and oxygen atoms in total. The molecule has 5 rings (SSSR count). The number of anilines is 3. The maximum Gasteiger partial charge on any atom is 0.269 e. The molecule has 3 aromatic rings. The van der Waals surface area contributed by atoms with Gasteiger partial charge in [-0.3, -0.25) is 24.2 Å². The van der Waals surface area contributed by atoms with Crippen molar-refractivity contribution in [2.24, 2.45) is 0 Å². The van der Waals surface area contributed by atoms with Crippen molar-refractivity contribution in [1.82, 2.24) is 0 Å². The van der Waals surface area contributed by atoms with Crippen LogP contribution in [0, 0.1) is 0 Å². The standard InChI is InChI=1S/C25H21N3O4S/c1-32-19-13-11-17(12-14-19)26-22(29)15-27-21-10-6-5-9-20(21)25(24(27)31)28(23(30)16-33-25)18-7-3-2-4-8-18/h2-14H,15-16H2,1H3,(H,26,29). The zero-order chi connectivity index (χ0) is 23.0. The summed E-state index contributed by atoms with van der Waals surface area (Å²) >= 11 is 1.29. The largest absolute Gasteiger partial charge is 0.497 e. The van der Waals surface area contributed by atoms with E-state index in [2.05, 4.69) is 5.32 Å². The number of fused-ring (bicyclic) bond motifs is 2. The number of carbonyl (C=O) groups is 3. The zero-order valence-corrected chi connectivity index (χ0v) is 18.7. The van der Waals surface area contributed by atoms with E-state index in [0.717, 1.165) is 0 Å². The van der Waals surface area contributed by atoms with E-state index in [1.807, 2.05) is 54.6 Å². The highest BCUT2D eigenvalue weighted by Crippen LogP contribution is 2.55. The lowest BCUT2D eigenvalue weighted by molar-refractivity contribution is -0.124. The van der Waals surface area contributed by atoms with Gasteiger partial charge in [0.15, 0.2) is 0 Å². The van der Waals surface area contributed by atoms with E-state index in [0.29, 0.717) is 28.4 Å². The first kappa shape index (κ1) is 21.1. The zero-order valence-electron chi connectivity index (χ0n) is 17.9. The molecular weight excluding hydrogens is 438 g/mol. The quantitative estimate of drug-likeness (QED) is 0.631. The Morgan fingerprint density at radius 2 is 1.70 bits per heavy atom. The summed E-state index contributed by atoms with van der Waals surface area (Å²) in [5.41, 5.74) is 2.61. The minimum absolute atomic E-state index is 0.140. The average Bonchev–Trinajstić information content (AvgIpc) is 3.31. The number of methoxy groups -OCH3 is 1. The lowest BCUT2D eigenvalue weighted by Crippen LogP contribution is -2.50. The number of ether oxygens (including phenoxy) is 1. The Bertz CT molecular complexity index is 1230.